The maximum atomic E-state index is 9.87. The van der Waals surface area contributed by atoms with E-state index in [0.29, 0.717) is 65.3 Å². The third-order valence-electron chi connectivity index (χ3n) is 12.2. The zero-order chi connectivity index (χ0) is 53.2. The topological polar surface area (TPSA) is 227 Å². The van der Waals surface area contributed by atoms with Gasteiger partial charge in [0.15, 0.2) is 0 Å². The molecule has 0 spiro atoms. The molecule has 0 aliphatic carbocycles. The first-order valence-electron chi connectivity index (χ1n) is 23.3. The van der Waals surface area contributed by atoms with E-state index >= 15 is 0 Å². The molecule has 8 aromatic rings. The van der Waals surface area contributed by atoms with Crippen LogP contribution in [0.15, 0.2) is 133 Å². The maximum Gasteiger partial charge on any atom is 0.133 e. The molecule has 0 aliphatic rings. The fourth-order valence-corrected chi connectivity index (χ4v) is 8.75. The zero-order valence-electron chi connectivity index (χ0n) is 41.0. The lowest BCUT2D eigenvalue weighted by Gasteiger charge is -2.20. The smallest absolute Gasteiger partial charge is 0.133 e. The van der Waals surface area contributed by atoms with Crippen molar-refractivity contribution in [1.29, 1.82) is 42.1 Å². The average molecular weight is 973 g/mol. The van der Waals surface area contributed by atoms with E-state index in [2.05, 4.69) is 48.5 Å². The number of hydrogen-bond acceptors (Lipinski definition) is 12. The van der Waals surface area contributed by atoms with Gasteiger partial charge < -0.3 is 18.9 Å². The molecular formula is C63H40N8O4. The van der Waals surface area contributed by atoms with Crippen LogP contribution in [-0.4, -0.2) is 0 Å². The van der Waals surface area contributed by atoms with E-state index in [9.17, 15) is 42.1 Å². The Morgan fingerprint density at radius 2 is 0.600 bits per heavy atom. The molecule has 0 unspecified atom stereocenters. The Bertz CT molecular complexity index is 3730. The van der Waals surface area contributed by atoms with Crippen molar-refractivity contribution in [3.63, 3.8) is 0 Å². The SMILES string of the molecule is Cc1ccc(Oc2ccc(C#N)c(C#N)c2)c(Cc2cc(Cc3cc(C)c(Oc4ccc(C#N)c(C#N)c4)c(Cc4cc(C)ccc4Oc4ccc(C#N)c(C#N)c4)c3)cc(C)c2Oc2ccc(C#N)c(C#N)c2)c1. The van der Waals surface area contributed by atoms with E-state index in [0.717, 1.165) is 55.6 Å². The second-order valence-electron chi connectivity index (χ2n) is 17.7. The van der Waals surface area contributed by atoms with Gasteiger partial charge in [-0.2, -0.15) is 42.1 Å². The van der Waals surface area contributed by atoms with Gasteiger partial charge in [-0.3, -0.25) is 0 Å². The normalized spacial score (nSPS) is 10.2. The molecule has 8 aromatic carbocycles. The summed E-state index contributed by atoms with van der Waals surface area (Å²) >= 11 is 0. The standard InChI is InChI=1S/C63H40N8O4/c1-38-5-15-60(72-56-11-7-44(30-64)52(26-56)34-68)48(17-38)24-50-22-42(19-40(3)62(50)74-58-13-9-46(32-66)54(28-58)36-70)21-43-20-41(4)63(75-59-14-10-47(33-67)55(29-59)37-71)51(23-43)25-49-18-39(2)6-16-61(49)73-57-12-8-45(31-65)53(27-57)35-69/h5-20,22-23,26-29H,21,24-25H2,1-4H3. The third-order valence-corrected chi connectivity index (χ3v) is 12.2. The Labute approximate surface area is 434 Å². The van der Waals surface area contributed by atoms with Crippen molar-refractivity contribution >= 4 is 0 Å². The van der Waals surface area contributed by atoms with Crippen LogP contribution in [-0.2, 0) is 19.3 Å². The van der Waals surface area contributed by atoms with Crippen LogP contribution in [0.5, 0.6) is 46.0 Å². The Hall–Kier alpha value is -11.1. The molecule has 12 heteroatoms. The number of ether oxygens (including phenoxy) is 4. The third kappa shape index (κ3) is 11.4. The minimum atomic E-state index is 0.175. The first-order valence-corrected chi connectivity index (χ1v) is 23.3. The maximum absolute atomic E-state index is 9.87. The zero-order valence-corrected chi connectivity index (χ0v) is 41.0. The molecule has 356 valence electrons. The van der Waals surface area contributed by atoms with Crippen LogP contribution in [0, 0.1) is 118 Å². The summed E-state index contributed by atoms with van der Waals surface area (Å²) in [6.45, 7) is 7.84. The van der Waals surface area contributed by atoms with Crippen molar-refractivity contribution in [3.8, 4) is 94.5 Å². The van der Waals surface area contributed by atoms with Crippen LogP contribution in [0.1, 0.15) is 100 Å². The summed E-state index contributed by atoms with van der Waals surface area (Å²) in [5, 5.41) is 77.6. The van der Waals surface area contributed by atoms with Crippen molar-refractivity contribution in [3.05, 3.63) is 234 Å². The molecule has 0 fully saturated rings. The van der Waals surface area contributed by atoms with E-state index < -0.39 is 0 Å². The predicted octanol–water partition coefficient (Wildman–Crippen LogP) is 13.8. The lowest BCUT2D eigenvalue weighted by atomic mass is 9.92. The summed E-state index contributed by atoms with van der Waals surface area (Å²) in [7, 11) is 0. The lowest BCUT2D eigenvalue weighted by Crippen LogP contribution is -2.03. The Kier molecular flexibility index (Phi) is 15.0. The van der Waals surface area contributed by atoms with Crippen LogP contribution >= 0.6 is 0 Å². The second kappa shape index (κ2) is 22.3. The summed E-state index contributed by atoms with van der Waals surface area (Å²) in [6, 6.07) is 55.3. The van der Waals surface area contributed by atoms with Crippen LogP contribution < -0.4 is 18.9 Å². The highest BCUT2D eigenvalue weighted by Crippen LogP contribution is 2.40. The van der Waals surface area contributed by atoms with E-state index in [1.54, 1.807) is 60.7 Å². The van der Waals surface area contributed by atoms with Gasteiger partial charge >= 0.3 is 0 Å². The number of nitrogens with zero attached hydrogens (tertiary/aromatic N) is 8. The Morgan fingerprint density at radius 3 is 0.907 bits per heavy atom. The molecule has 8 rings (SSSR count). The van der Waals surface area contributed by atoms with Gasteiger partial charge in [0.25, 0.3) is 0 Å². The number of aryl methyl sites for hydroxylation is 4. The molecular weight excluding hydrogens is 933 g/mol. The van der Waals surface area contributed by atoms with E-state index in [1.807, 2.05) is 88.4 Å². The molecule has 0 saturated heterocycles. The fraction of sp³-hybridized carbons (Fsp3) is 0.111. The van der Waals surface area contributed by atoms with Gasteiger partial charge in [0.1, 0.15) is 94.5 Å². The number of benzene rings is 8. The van der Waals surface area contributed by atoms with Gasteiger partial charge in [0.2, 0.25) is 0 Å². The molecule has 0 aromatic heterocycles. The van der Waals surface area contributed by atoms with Crippen LogP contribution in [0.2, 0.25) is 0 Å². The van der Waals surface area contributed by atoms with Gasteiger partial charge in [-0.05, 0) is 164 Å². The molecule has 0 aliphatic heterocycles. The van der Waals surface area contributed by atoms with Crippen molar-refractivity contribution in [2.45, 2.75) is 47.0 Å². The van der Waals surface area contributed by atoms with Crippen molar-refractivity contribution in [1.82, 2.24) is 0 Å². The first-order chi connectivity index (χ1) is 36.3. The number of nitriles is 8. The van der Waals surface area contributed by atoms with Crippen molar-refractivity contribution in [2.75, 3.05) is 0 Å². The van der Waals surface area contributed by atoms with Gasteiger partial charge in [-0.15, -0.1) is 0 Å². The fourth-order valence-electron chi connectivity index (χ4n) is 8.75. The Balaban J connectivity index is 1.23. The highest BCUT2D eigenvalue weighted by Gasteiger charge is 2.20. The van der Waals surface area contributed by atoms with Gasteiger partial charge in [0, 0.05) is 12.8 Å². The molecule has 0 amide bonds. The molecule has 75 heavy (non-hydrogen) atoms. The largest absolute Gasteiger partial charge is 0.457 e. The summed E-state index contributed by atoms with van der Waals surface area (Å²) in [4.78, 5) is 0. The highest BCUT2D eigenvalue weighted by molar-refractivity contribution is 5.59. The molecule has 0 radical (unpaired) electrons. The monoisotopic (exact) mass is 972 g/mol. The minimum absolute atomic E-state index is 0.175. The lowest BCUT2D eigenvalue weighted by molar-refractivity contribution is 0.468. The predicted molar refractivity (Wildman–Crippen MR) is 277 cm³/mol. The molecule has 0 saturated carbocycles. The first kappa shape index (κ1) is 50.3. The van der Waals surface area contributed by atoms with Crippen LogP contribution in [0.4, 0.5) is 0 Å². The number of hydrogen-bond donors (Lipinski definition) is 0. The summed E-state index contributed by atoms with van der Waals surface area (Å²) in [6.07, 6.45) is 1.09. The van der Waals surface area contributed by atoms with E-state index in [-0.39, 0.29) is 44.5 Å². The van der Waals surface area contributed by atoms with E-state index in [1.165, 1.54) is 12.1 Å². The minimum Gasteiger partial charge on any atom is -0.457 e. The summed E-state index contributed by atoms with van der Waals surface area (Å²) < 4.78 is 26.1. The molecule has 0 heterocycles. The second-order valence-corrected chi connectivity index (χ2v) is 17.7. The average Bonchev–Trinajstić information content (AvgIpc) is 3.41. The Morgan fingerprint density at radius 1 is 0.293 bits per heavy atom. The van der Waals surface area contributed by atoms with Crippen molar-refractivity contribution in [2.24, 2.45) is 0 Å². The highest BCUT2D eigenvalue weighted by atomic mass is 16.5. The van der Waals surface area contributed by atoms with Crippen molar-refractivity contribution < 1.29 is 18.9 Å². The molecule has 12 nitrogen and oxygen atoms in total. The quantitative estimate of drug-likeness (QED) is 0.0991. The van der Waals surface area contributed by atoms with E-state index in [4.69, 9.17) is 18.9 Å². The summed E-state index contributed by atoms with van der Waals surface area (Å²) in [5.74, 6) is 3.64. The summed E-state index contributed by atoms with van der Waals surface area (Å²) in [5.41, 5.74) is 10.2. The van der Waals surface area contributed by atoms with Crippen LogP contribution in [0.3, 0.4) is 0 Å². The van der Waals surface area contributed by atoms with Gasteiger partial charge in [0.05, 0.1) is 44.5 Å². The van der Waals surface area contributed by atoms with Gasteiger partial charge in [-0.1, -0.05) is 59.7 Å². The molecule has 0 atom stereocenters. The van der Waals surface area contributed by atoms with Gasteiger partial charge in [-0.25, -0.2) is 0 Å². The molecule has 0 bridgehead atoms. The molecule has 0 N–H and O–H groups in total. The number of rotatable bonds is 14. The van der Waals surface area contributed by atoms with Crippen LogP contribution in [0.25, 0.3) is 0 Å².